The molecule has 0 aliphatic rings. The predicted octanol–water partition coefficient (Wildman–Crippen LogP) is 0.199. The van der Waals surface area contributed by atoms with E-state index in [1.54, 1.807) is 6.07 Å². The summed E-state index contributed by atoms with van der Waals surface area (Å²) < 4.78 is 0. The molecule has 72 valence electrons. The zero-order chi connectivity index (χ0) is 10.4. The number of primary amides is 1. The van der Waals surface area contributed by atoms with Crippen LogP contribution in [0.1, 0.15) is 12.0 Å². The van der Waals surface area contributed by atoms with Gasteiger partial charge in [0, 0.05) is 5.56 Å². The van der Waals surface area contributed by atoms with Crippen LogP contribution in [0.15, 0.2) is 24.3 Å². The van der Waals surface area contributed by atoms with E-state index in [0.717, 1.165) is 11.3 Å². The van der Waals surface area contributed by atoms with Crippen molar-refractivity contribution in [2.24, 2.45) is 11.6 Å². The lowest BCUT2D eigenvalue weighted by molar-refractivity contribution is -0.117. The fourth-order valence-corrected chi connectivity index (χ4v) is 0.945. The highest BCUT2D eigenvalue weighted by Crippen LogP contribution is 2.11. The molecule has 1 aromatic carbocycles. The predicted molar refractivity (Wildman–Crippen MR) is 54.9 cm³/mol. The van der Waals surface area contributed by atoms with Gasteiger partial charge in [0.15, 0.2) is 0 Å². The highest BCUT2D eigenvalue weighted by molar-refractivity contribution is 5.76. The molecule has 0 spiro atoms. The van der Waals surface area contributed by atoms with Crippen LogP contribution in [-0.2, 0) is 4.79 Å². The Balaban J connectivity index is 2.83. The van der Waals surface area contributed by atoms with Crippen molar-refractivity contribution in [3.8, 4) is 11.8 Å². The van der Waals surface area contributed by atoms with Crippen LogP contribution in [0.5, 0.6) is 0 Å². The van der Waals surface area contributed by atoms with E-state index in [9.17, 15) is 4.79 Å². The molecule has 0 unspecified atom stereocenters. The lowest BCUT2D eigenvalue weighted by atomic mass is 10.2. The third kappa shape index (κ3) is 2.81. The van der Waals surface area contributed by atoms with Crippen molar-refractivity contribution in [2.45, 2.75) is 6.42 Å². The monoisotopic (exact) mass is 189 g/mol. The van der Waals surface area contributed by atoms with Gasteiger partial charge < -0.3 is 11.2 Å². The van der Waals surface area contributed by atoms with E-state index in [1.807, 2.05) is 18.2 Å². The van der Waals surface area contributed by atoms with Gasteiger partial charge in [0.2, 0.25) is 5.91 Å². The molecule has 0 saturated carbocycles. The number of anilines is 1. The molecule has 0 aliphatic carbocycles. The van der Waals surface area contributed by atoms with E-state index in [4.69, 9.17) is 11.6 Å². The van der Waals surface area contributed by atoms with Crippen LogP contribution in [0.2, 0.25) is 0 Å². The van der Waals surface area contributed by atoms with Crippen LogP contribution < -0.4 is 17.0 Å². The number of nitrogen functional groups attached to an aromatic ring is 1. The summed E-state index contributed by atoms with van der Waals surface area (Å²) >= 11 is 0. The second kappa shape index (κ2) is 4.90. The molecule has 14 heavy (non-hydrogen) atoms. The molecule has 0 bridgehead atoms. The summed E-state index contributed by atoms with van der Waals surface area (Å²) in [5.41, 5.74) is 8.93. The van der Waals surface area contributed by atoms with Crippen molar-refractivity contribution in [2.75, 3.05) is 5.43 Å². The number of hydrazine groups is 1. The Morgan fingerprint density at radius 2 is 2.14 bits per heavy atom. The highest BCUT2D eigenvalue weighted by atomic mass is 16.1. The van der Waals surface area contributed by atoms with Crippen LogP contribution in [-0.4, -0.2) is 5.91 Å². The first-order valence-corrected chi connectivity index (χ1v) is 4.07. The largest absolute Gasteiger partial charge is 0.369 e. The van der Waals surface area contributed by atoms with Crippen molar-refractivity contribution in [1.82, 2.24) is 0 Å². The van der Waals surface area contributed by atoms with Gasteiger partial charge in [0.1, 0.15) is 0 Å². The van der Waals surface area contributed by atoms with Crippen molar-refractivity contribution >= 4 is 11.6 Å². The number of nitrogens with one attached hydrogen (secondary N) is 1. The Kier molecular flexibility index (Phi) is 3.53. The number of carbonyl (C=O) groups excluding carboxylic acids is 1. The van der Waals surface area contributed by atoms with Crippen LogP contribution in [0, 0.1) is 11.8 Å². The average molecular weight is 189 g/mol. The number of hydrogen-bond donors (Lipinski definition) is 3. The maximum absolute atomic E-state index is 10.4. The molecule has 0 atom stereocenters. The van der Waals surface area contributed by atoms with Crippen molar-refractivity contribution in [3.63, 3.8) is 0 Å². The Morgan fingerprint density at radius 3 is 2.79 bits per heavy atom. The quantitative estimate of drug-likeness (QED) is 0.353. The fourth-order valence-electron chi connectivity index (χ4n) is 0.945. The molecule has 0 radical (unpaired) electrons. The molecule has 0 fully saturated rings. The third-order valence-corrected chi connectivity index (χ3v) is 1.57. The number of hydrogen-bond acceptors (Lipinski definition) is 3. The second-order valence-corrected chi connectivity index (χ2v) is 2.63. The number of rotatable bonds is 2. The minimum absolute atomic E-state index is 0.0545. The van der Waals surface area contributed by atoms with Gasteiger partial charge in [-0.1, -0.05) is 24.0 Å². The number of para-hydroxylation sites is 1. The van der Waals surface area contributed by atoms with E-state index >= 15 is 0 Å². The summed E-state index contributed by atoms with van der Waals surface area (Å²) in [5.74, 6) is 10.3. The highest BCUT2D eigenvalue weighted by Gasteiger charge is 1.94. The number of nitrogens with two attached hydrogens (primary N) is 2. The molecule has 4 nitrogen and oxygen atoms in total. The molecule has 1 rings (SSSR count). The van der Waals surface area contributed by atoms with Gasteiger partial charge in [-0.15, -0.1) is 0 Å². The summed E-state index contributed by atoms with van der Waals surface area (Å²) in [4.78, 5) is 10.4. The minimum Gasteiger partial charge on any atom is -0.369 e. The molecule has 0 heterocycles. The van der Waals surface area contributed by atoms with Gasteiger partial charge in [-0.2, -0.15) is 0 Å². The van der Waals surface area contributed by atoms with Gasteiger partial charge >= 0.3 is 0 Å². The van der Waals surface area contributed by atoms with Crippen molar-refractivity contribution in [3.05, 3.63) is 29.8 Å². The summed E-state index contributed by atoms with van der Waals surface area (Å²) in [6.07, 6.45) is 0.0545. The van der Waals surface area contributed by atoms with E-state index in [-0.39, 0.29) is 6.42 Å². The minimum atomic E-state index is -0.435. The third-order valence-electron chi connectivity index (χ3n) is 1.57. The van der Waals surface area contributed by atoms with E-state index in [1.165, 1.54) is 0 Å². The molecule has 0 aromatic heterocycles. The smallest absolute Gasteiger partial charge is 0.229 e. The lowest BCUT2D eigenvalue weighted by Crippen LogP contribution is -2.09. The molecular weight excluding hydrogens is 178 g/mol. The molecule has 1 aromatic rings. The van der Waals surface area contributed by atoms with Crippen molar-refractivity contribution in [1.29, 1.82) is 0 Å². The van der Waals surface area contributed by atoms with Crippen LogP contribution >= 0.6 is 0 Å². The zero-order valence-electron chi connectivity index (χ0n) is 7.58. The Hall–Kier alpha value is -1.99. The van der Waals surface area contributed by atoms with E-state index in [2.05, 4.69) is 17.3 Å². The van der Waals surface area contributed by atoms with E-state index < -0.39 is 5.91 Å². The maximum Gasteiger partial charge on any atom is 0.229 e. The van der Waals surface area contributed by atoms with Crippen LogP contribution in [0.4, 0.5) is 5.69 Å². The normalized spacial score (nSPS) is 8.64. The van der Waals surface area contributed by atoms with Gasteiger partial charge in [-0.3, -0.25) is 10.6 Å². The number of carbonyl (C=O) groups is 1. The molecule has 0 aliphatic heterocycles. The topological polar surface area (TPSA) is 81.1 Å². The van der Waals surface area contributed by atoms with Gasteiger partial charge in [-0.05, 0) is 12.1 Å². The van der Waals surface area contributed by atoms with Crippen molar-refractivity contribution < 1.29 is 4.79 Å². The fraction of sp³-hybridized carbons (Fsp3) is 0.100. The summed E-state index contributed by atoms with van der Waals surface area (Å²) in [6.45, 7) is 0. The van der Waals surface area contributed by atoms with Gasteiger partial charge in [0.25, 0.3) is 0 Å². The second-order valence-electron chi connectivity index (χ2n) is 2.63. The Bertz CT molecular complexity index is 390. The molecule has 1 amide bonds. The molecule has 4 heteroatoms. The first kappa shape index (κ1) is 10.1. The lowest BCUT2D eigenvalue weighted by Gasteiger charge is -2.00. The first-order valence-electron chi connectivity index (χ1n) is 4.07. The standard InChI is InChI=1S/C10H11N3O/c11-10(14)7-3-5-8-4-1-2-6-9(8)13-12/h1-2,4,6,13H,7,12H2,(H2,11,14). The SMILES string of the molecule is NNc1ccccc1C#CCC(N)=O. The van der Waals surface area contributed by atoms with Gasteiger partial charge in [-0.25, -0.2) is 0 Å². The average Bonchev–Trinajstić information content (AvgIpc) is 2.18. The number of amides is 1. The summed E-state index contributed by atoms with van der Waals surface area (Å²) in [6, 6.07) is 7.29. The molecule has 5 N–H and O–H groups in total. The maximum atomic E-state index is 10.4. The zero-order valence-corrected chi connectivity index (χ0v) is 7.58. The summed E-state index contributed by atoms with van der Waals surface area (Å²) in [5, 5.41) is 0. The van der Waals surface area contributed by atoms with Crippen LogP contribution in [0.3, 0.4) is 0 Å². The summed E-state index contributed by atoms with van der Waals surface area (Å²) in [7, 11) is 0. The Labute approximate surface area is 82.3 Å². The van der Waals surface area contributed by atoms with Crippen LogP contribution in [0.25, 0.3) is 0 Å². The Morgan fingerprint density at radius 1 is 1.43 bits per heavy atom. The molecular formula is C10H11N3O. The van der Waals surface area contributed by atoms with Gasteiger partial charge in [0.05, 0.1) is 12.1 Å². The first-order chi connectivity index (χ1) is 6.74. The number of benzene rings is 1. The molecule has 0 saturated heterocycles. The van der Waals surface area contributed by atoms with E-state index in [0.29, 0.717) is 0 Å².